The number of carbonyl (C=O) groups excluding carboxylic acids is 2. The van der Waals surface area contributed by atoms with Crippen LogP contribution in [0.3, 0.4) is 0 Å². The van der Waals surface area contributed by atoms with E-state index in [9.17, 15) is 9.59 Å². The Morgan fingerprint density at radius 2 is 1.96 bits per heavy atom. The molecule has 0 unspecified atom stereocenters. The Labute approximate surface area is 144 Å². The third kappa shape index (κ3) is 3.81. The summed E-state index contributed by atoms with van der Waals surface area (Å²) >= 11 is 1.28. The minimum Gasteiger partial charge on any atom is -0.321 e. The maximum absolute atomic E-state index is 12.4. The average molecular weight is 339 g/mol. The average Bonchev–Trinajstić information content (AvgIpc) is 3.34. The molecule has 1 heterocycles. The van der Waals surface area contributed by atoms with Crippen LogP contribution in [0, 0.1) is 24.2 Å². The Balaban J connectivity index is 1.67. The van der Waals surface area contributed by atoms with Gasteiger partial charge in [-0.2, -0.15) is 5.26 Å². The van der Waals surface area contributed by atoms with E-state index in [2.05, 4.69) is 16.7 Å². The molecule has 24 heavy (non-hydrogen) atoms. The Kier molecular flexibility index (Phi) is 4.63. The molecule has 1 aliphatic carbocycles. The van der Waals surface area contributed by atoms with E-state index < -0.39 is 0 Å². The van der Waals surface area contributed by atoms with Gasteiger partial charge in [0, 0.05) is 11.6 Å². The van der Waals surface area contributed by atoms with Crippen LogP contribution in [-0.2, 0) is 11.2 Å². The molecule has 1 fully saturated rings. The van der Waals surface area contributed by atoms with Crippen molar-refractivity contribution in [1.82, 2.24) is 0 Å². The topological polar surface area (TPSA) is 82.0 Å². The van der Waals surface area contributed by atoms with E-state index in [-0.39, 0.29) is 17.7 Å². The Morgan fingerprint density at radius 1 is 1.25 bits per heavy atom. The molecule has 5 nitrogen and oxygen atoms in total. The summed E-state index contributed by atoms with van der Waals surface area (Å²) < 4.78 is 0. The number of amides is 2. The van der Waals surface area contributed by atoms with E-state index in [1.54, 1.807) is 12.1 Å². The van der Waals surface area contributed by atoms with Gasteiger partial charge in [0.25, 0.3) is 5.91 Å². The zero-order valence-electron chi connectivity index (χ0n) is 13.3. The highest BCUT2D eigenvalue weighted by atomic mass is 32.1. The first-order valence-corrected chi connectivity index (χ1v) is 8.57. The van der Waals surface area contributed by atoms with Gasteiger partial charge in [-0.1, -0.05) is 12.1 Å². The fourth-order valence-corrected chi connectivity index (χ4v) is 3.29. The molecule has 0 radical (unpaired) electrons. The van der Waals surface area contributed by atoms with Gasteiger partial charge in [-0.25, -0.2) is 0 Å². The Hall–Kier alpha value is -2.65. The van der Waals surface area contributed by atoms with Crippen molar-refractivity contribution in [1.29, 1.82) is 5.26 Å². The van der Waals surface area contributed by atoms with Crippen LogP contribution in [0.25, 0.3) is 0 Å². The van der Waals surface area contributed by atoms with Gasteiger partial charge in [-0.05, 0) is 49.1 Å². The summed E-state index contributed by atoms with van der Waals surface area (Å²) in [4.78, 5) is 24.8. The van der Waals surface area contributed by atoms with Gasteiger partial charge < -0.3 is 10.6 Å². The third-order valence-electron chi connectivity index (χ3n) is 3.81. The zero-order valence-corrected chi connectivity index (χ0v) is 14.1. The van der Waals surface area contributed by atoms with Crippen LogP contribution in [0.1, 0.15) is 33.6 Å². The van der Waals surface area contributed by atoms with E-state index in [1.807, 2.05) is 25.1 Å². The molecule has 1 aromatic heterocycles. The number of rotatable bonds is 5. The summed E-state index contributed by atoms with van der Waals surface area (Å²) in [6, 6.07) is 11.1. The molecular formula is C18H17N3O2S. The van der Waals surface area contributed by atoms with Crippen molar-refractivity contribution in [3.63, 3.8) is 0 Å². The molecule has 0 saturated heterocycles. The van der Waals surface area contributed by atoms with Crippen LogP contribution < -0.4 is 10.6 Å². The number of aryl methyl sites for hydroxylation is 1. The van der Waals surface area contributed by atoms with Crippen molar-refractivity contribution in [2.24, 2.45) is 5.92 Å². The molecule has 0 bridgehead atoms. The molecular weight excluding hydrogens is 322 g/mol. The number of thiophene rings is 1. The molecule has 1 saturated carbocycles. The molecule has 1 aliphatic rings. The number of hydrogen-bond donors (Lipinski definition) is 2. The lowest BCUT2D eigenvalue weighted by Crippen LogP contribution is -2.12. The summed E-state index contributed by atoms with van der Waals surface area (Å²) in [6.45, 7) is 1.86. The van der Waals surface area contributed by atoms with Crippen LogP contribution in [0.4, 0.5) is 10.7 Å². The third-order valence-corrected chi connectivity index (χ3v) is 4.96. The number of carbonyl (C=O) groups is 2. The lowest BCUT2D eigenvalue weighted by Gasteiger charge is -2.05. The van der Waals surface area contributed by atoms with E-state index >= 15 is 0 Å². The van der Waals surface area contributed by atoms with Crippen molar-refractivity contribution in [2.45, 2.75) is 26.2 Å². The molecule has 6 heteroatoms. The van der Waals surface area contributed by atoms with Crippen molar-refractivity contribution in [3.8, 4) is 6.07 Å². The second-order valence-electron chi connectivity index (χ2n) is 5.87. The van der Waals surface area contributed by atoms with Crippen molar-refractivity contribution in [2.75, 3.05) is 10.6 Å². The highest BCUT2D eigenvalue weighted by Gasteiger charge is 2.30. The molecule has 0 atom stereocenters. The fourth-order valence-electron chi connectivity index (χ4n) is 2.32. The molecule has 2 aromatic rings. The second kappa shape index (κ2) is 6.85. The minimum absolute atomic E-state index is 0.0382. The molecule has 1 aromatic carbocycles. The van der Waals surface area contributed by atoms with Gasteiger partial charge in [-0.15, -0.1) is 11.3 Å². The molecule has 0 spiro atoms. The van der Waals surface area contributed by atoms with Crippen molar-refractivity contribution >= 4 is 33.8 Å². The SMILES string of the molecule is Cc1cc(NC(=O)C2CC2)sc1C(=O)Nc1ccc(CC#N)cc1. The highest BCUT2D eigenvalue weighted by molar-refractivity contribution is 7.18. The Bertz CT molecular complexity index is 814. The molecule has 0 aliphatic heterocycles. The molecule has 2 N–H and O–H groups in total. The van der Waals surface area contributed by atoms with Crippen molar-refractivity contribution in [3.05, 3.63) is 46.3 Å². The maximum Gasteiger partial charge on any atom is 0.266 e. The number of nitrogens with zero attached hydrogens (tertiary/aromatic N) is 1. The first kappa shape index (κ1) is 16.2. The normalized spacial score (nSPS) is 13.2. The van der Waals surface area contributed by atoms with Crippen LogP contribution in [0.2, 0.25) is 0 Å². The fraction of sp³-hybridized carbons (Fsp3) is 0.278. The monoisotopic (exact) mass is 339 g/mol. The largest absolute Gasteiger partial charge is 0.321 e. The summed E-state index contributed by atoms with van der Waals surface area (Å²) in [5.41, 5.74) is 2.43. The first-order valence-electron chi connectivity index (χ1n) is 7.75. The zero-order chi connectivity index (χ0) is 17.1. The molecule has 122 valence electrons. The van der Waals surface area contributed by atoms with E-state index in [1.165, 1.54) is 11.3 Å². The summed E-state index contributed by atoms with van der Waals surface area (Å²) in [6.07, 6.45) is 2.25. The lowest BCUT2D eigenvalue weighted by atomic mass is 10.1. The summed E-state index contributed by atoms with van der Waals surface area (Å²) in [5.74, 6) is -0.0228. The number of anilines is 2. The van der Waals surface area contributed by atoms with Crippen molar-refractivity contribution < 1.29 is 9.59 Å². The van der Waals surface area contributed by atoms with Gasteiger partial charge in [0.1, 0.15) is 0 Å². The number of benzene rings is 1. The van der Waals surface area contributed by atoms with Gasteiger partial charge in [0.15, 0.2) is 0 Å². The smallest absolute Gasteiger partial charge is 0.266 e. The van der Waals surface area contributed by atoms with Gasteiger partial charge in [-0.3, -0.25) is 9.59 Å². The second-order valence-corrected chi connectivity index (χ2v) is 6.92. The van der Waals surface area contributed by atoms with Crippen LogP contribution in [-0.4, -0.2) is 11.8 Å². The van der Waals surface area contributed by atoms with Gasteiger partial charge in [0.2, 0.25) is 5.91 Å². The van der Waals surface area contributed by atoms with E-state index in [0.29, 0.717) is 22.0 Å². The maximum atomic E-state index is 12.4. The number of nitriles is 1. The molecule has 2 amide bonds. The quantitative estimate of drug-likeness (QED) is 0.871. The van der Waals surface area contributed by atoms with Crippen LogP contribution in [0.15, 0.2) is 30.3 Å². The lowest BCUT2D eigenvalue weighted by molar-refractivity contribution is -0.117. The van der Waals surface area contributed by atoms with Crippen LogP contribution >= 0.6 is 11.3 Å². The number of hydrogen-bond acceptors (Lipinski definition) is 4. The predicted octanol–water partition coefficient (Wildman–Crippen LogP) is 3.72. The van der Waals surface area contributed by atoms with Crippen LogP contribution in [0.5, 0.6) is 0 Å². The number of nitrogens with one attached hydrogen (secondary N) is 2. The van der Waals surface area contributed by atoms with E-state index in [4.69, 9.17) is 5.26 Å². The van der Waals surface area contributed by atoms with E-state index in [0.717, 1.165) is 24.0 Å². The first-order chi connectivity index (χ1) is 11.6. The predicted molar refractivity (Wildman–Crippen MR) is 94.1 cm³/mol. The Morgan fingerprint density at radius 3 is 2.58 bits per heavy atom. The summed E-state index contributed by atoms with van der Waals surface area (Å²) in [5, 5.41) is 15.1. The van der Waals surface area contributed by atoms with Gasteiger partial charge >= 0.3 is 0 Å². The highest BCUT2D eigenvalue weighted by Crippen LogP contribution is 2.33. The van der Waals surface area contributed by atoms with Gasteiger partial charge in [0.05, 0.1) is 22.4 Å². The summed E-state index contributed by atoms with van der Waals surface area (Å²) in [7, 11) is 0. The standard InChI is InChI=1S/C18H17N3O2S/c1-11-10-15(21-17(22)13-4-5-13)24-16(11)18(23)20-14-6-2-12(3-7-14)8-9-19/h2-3,6-7,10,13H,4-5,8H2,1H3,(H,20,23)(H,21,22). The minimum atomic E-state index is -0.197. The molecule has 3 rings (SSSR count).